The number of halogens is 1. The molecule has 0 radical (unpaired) electrons. The molecule has 8 heteroatoms. The second-order valence-electron chi connectivity index (χ2n) is 2.56. The van der Waals surface area contributed by atoms with Gasteiger partial charge in [-0.2, -0.15) is 10.1 Å². The predicted octanol–water partition coefficient (Wildman–Crippen LogP) is 1.22. The van der Waals surface area contributed by atoms with E-state index in [2.05, 4.69) is 15.1 Å². The Hall–Kier alpha value is -2.02. The van der Waals surface area contributed by atoms with Crippen molar-refractivity contribution in [3.05, 3.63) is 40.1 Å². The van der Waals surface area contributed by atoms with Gasteiger partial charge in [-0.05, 0) is 17.7 Å². The normalized spacial score (nSPS) is 10.2. The molecule has 0 atom stereocenters. The Bertz CT molecular complexity index is 498. The molecule has 2 aromatic rings. The fourth-order valence-corrected chi connectivity index (χ4v) is 1.17. The predicted molar refractivity (Wildman–Crippen MR) is 50.8 cm³/mol. The summed E-state index contributed by atoms with van der Waals surface area (Å²) in [7, 11) is 0. The smallest absolute Gasteiger partial charge is 0.258 e. The molecule has 0 aliphatic carbocycles. The summed E-state index contributed by atoms with van der Waals surface area (Å²) in [6, 6.07) is 1.62. The van der Waals surface area contributed by atoms with Crippen LogP contribution in [0.4, 0.5) is 5.69 Å². The standard InChI is InChI=1S/C7H4ClN5O2/c8-7-9-4-5(13(14)15)6(11-7)12-3-1-2-10-12/h1-4H. The lowest BCUT2D eigenvalue weighted by atomic mass is 10.5. The maximum absolute atomic E-state index is 10.7. The van der Waals surface area contributed by atoms with Gasteiger partial charge in [0.2, 0.25) is 11.1 Å². The zero-order chi connectivity index (χ0) is 10.8. The molecule has 0 unspecified atom stereocenters. The second-order valence-corrected chi connectivity index (χ2v) is 2.89. The van der Waals surface area contributed by atoms with Crippen LogP contribution in [0.15, 0.2) is 24.7 Å². The summed E-state index contributed by atoms with van der Waals surface area (Å²) in [6.45, 7) is 0. The van der Waals surface area contributed by atoms with E-state index < -0.39 is 4.92 Å². The van der Waals surface area contributed by atoms with E-state index in [-0.39, 0.29) is 16.8 Å². The first-order valence-electron chi connectivity index (χ1n) is 3.85. The van der Waals surface area contributed by atoms with E-state index in [1.54, 1.807) is 6.07 Å². The van der Waals surface area contributed by atoms with Crippen molar-refractivity contribution in [1.82, 2.24) is 19.7 Å². The molecule has 76 valence electrons. The Morgan fingerprint density at radius 1 is 1.53 bits per heavy atom. The highest BCUT2D eigenvalue weighted by Crippen LogP contribution is 2.19. The molecule has 0 spiro atoms. The Morgan fingerprint density at radius 3 is 2.93 bits per heavy atom. The van der Waals surface area contributed by atoms with Crippen molar-refractivity contribution in [3.8, 4) is 5.82 Å². The average Bonchev–Trinajstić information content (AvgIpc) is 2.69. The largest absolute Gasteiger partial charge is 0.331 e. The molecule has 0 bridgehead atoms. The van der Waals surface area contributed by atoms with Crippen molar-refractivity contribution in [2.24, 2.45) is 0 Å². The molecule has 0 saturated carbocycles. The topological polar surface area (TPSA) is 86.7 Å². The van der Waals surface area contributed by atoms with Crippen LogP contribution in [0.3, 0.4) is 0 Å². The van der Waals surface area contributed by atoms with Gasteiger partial charge in [0, 0.05) is 12.4 Å². The lowest BCUT2D eigenvalue weighted by molar-refractivity contribution is -0.385. The first kappa shape index (κ1) is 9.53. The minimum absolute atomic E-state index is 0.0463. The van der Waals surface area contributed by atoms with Gasteiger partial charge in [-0.3, -0.25) is 10.1 Å². The maximum Gasteiger partial charge on any atom is 0.331 e. The van der Waals surface area contributed by atoms with Gasteiger partial charge in [0.15, 0.2) is 0 Å². The van der Waals surface area contributed by atoms with Crippen molar-refractivity contribution >= 4 is 17.3 Å². The van der Waals surface area contributed by atoms with Gasteiger partial charge in [0.05, 0.1) is 4.92 Å². The fourth-order valence-electron chi connectivity index (χ4n) is 1.04. The van der Waals surface area contributed by atoms with Crippen molar-refractivity contribution in [3.63, 3.8) is 0 Å². The van der Waals surface area contributed by atoms with Crippen LogP contribution in [0.2, 0.25) is 5.28 Å². The summed E-state index contributed by atoms with van der Waals surface area (Å²) >= 11 is 5.55. The Labute approximate surface area is 88.5 Å². The molecular weight excluding hydrogens is 222 g/mol. The summed E-state index contributed by atoms with van der Waals surface area (Å²) < 4.78 is 1.26. The Kier molecular flexibility index (Phi) is 2.30. The van der Waals surface area contributed by atoms with Gasteiger partial charge < -0.3 is 0 Å². The molecule has 2 aromatic heterocycles. The van der Waals surface area contributed by atoms with Crippen LogP contribution in [0, 0.1) is 10.1 Å². The van der Waals surface area contributed by atoms with Gasteiger partial charge in [-0.15, -0.1) is 0 Å². The first-order chi connectivity index (χ1) is 7.18. The molecule has 2 heterocycles. The van der Waals surface area contributed by atoms with E-state index in [0.29, 0.717) is 0 Å². The van der Waals surface area contributed by atoms with E-state index in [9.17, 15) is 10.1 Å². The molecule has 0 saturated heterocycles. The highest BCUT2D eigenvalue weighted by Gasteiger charge is 2.18. The maximum atomic E-state index is 10.7. The summed E-state index contributed by atoms with van der Waals surface area (Å²) in [4.78, 5) is 17.4. The fraction of sp³-hybridized carbons (Fsp3) is 0. The van der Waals surface area contributed by atoms with E-state index in [4.69, 9.17) is 11.6 Å². The highest BCUT2D eigenvalue weighted by molar-refractivity contribution is 6.28. The minimum atomic E-state index is -0.590. The number of nitrogens with zero attached hydrogens (tertiary/aromatic N) is 5. The summed E-state index contributed by atoms with van der Waals surface area (Å²) in [6.07, 6.45) is 4.07. The first-order valence-corrected chi connectivity index (χ1v) is 4.23. The number of rotatable bonds is 2. The van der Waals surface area contributed by atoms with E-state index in [1.807, 2.05) is 0 Å². The van der Waals surface area contributed by atoms with Gasteiger partial charge >= 0.3 is 5.69 Å². The summed E-state index contributed by atoms with van der Waals surface area (Å²) in [5.74, 6) is 0.0463. The van der Waals surface area contributed by atoms with Gasteiger partial charge in [0.1, 0.15) is 6.20 Å². The van der Waals surface area contributed by atoms with Crippen molar-refractivity contribution in [2.75, 3.05) is 0 Å². The molecule has 0 aliphatic heterocycles. The third-order valence-electron chi connectivity index (χ3n) is 1.64. The van der Waals surface area contributed by atoms with E-state index >= 15 is 0 Å². The second kappa shape index (κ2) is 3.62. The molecule has 15 heavy (non-hydrogen) atoms. The van der Waals surface area contributed by atoms with Crippen molar-refractivity contribution < 1.29 is 4.92 Å². The zero-order valence-electron chi connectivity index (χ0n) is 7.24. The minimum Gasteiger partial charge on any atom is -0.258 e. The van der Waals surface area contributed by atoms with E-state index in [0.717, 1.165) is 6.20 Å². The van der Waals surface area contributed by atoms with Crippen LogP contribution >= 0.6 is 11.6 Å². The average molecular weight is 226 g/mol. The van der Waals surface area contributed by atoms with E-state index in [1.165, 1.54) is 17.1 Å². The molecule has 0 N–H and O–H groups in total. The molecule has 0 amide bonds. The highest BCUT2D eigenvalue weighted by atomic mass is 35.5. The molecule has 2 rings (SSSR count). The van der Waals surface area contributed by atoms with Crippen LogP contribution < -0.4 is 0 Å². The molecular formula is C7H4ClN5O2. The van der Waals surface area contributed by atoms with Crippen LogP contribution in [0.5, 0.6) is 0 Å². The molecule has 0 fully saturated rings. The molecule has 7 nitrogen and oxygen atoms in total. The third kappa shape index (κ3) is 1.77. The van der Waals surface area contributed by atoms with Crippen molar-refractivity contribution in [2.45, 2.75) is 0 Å². The van der Waals surface area contributed by atoms with Crippen LogP contribution in [0.1, 0.15) is 0 Å². The zero-order valence-corrected chi connectivity index (χ0v) is 8.00. The Balaban J connectivity index is 2.63. The quantitative estimate of drug-likeness (QED) is 0.436. The van der Waals surface area contributed by atoms with Gasteiger partial charge in [-0.1, -0.05) is 0 Å². The number of hydrogen-bond donors (Lipinski definition) is 0. The van der Waals surface area contributed by atoms with Crippen LogP contribution in [-0.4, -0.2) is 24.7 Å². The third-order valence-corrected chi connectivity index (χ3v) is 1.82. The lowest BCUT2D eigenvalue weighted by Gasteiger charge is -2.00. The van der Waals surface area contributed by atoms with Crippen molar-refractivity contribution in [1.29, 1.82) is 0 Å². The SMILES string of the molecule is O=[N+]([O-])c1cnc(Cl)nc1-n1cccn1. The van der Waals surface area contributed by atoms with Crippen LogP contribution in [-0.2, 0) is 0 Å². The lowest BCUT2D eigenvalue weighted by Crippen LogP contribution is -2.04. The Morgan fingerprint density at radius 2 is 2.33 bits per heavy atom. The monoisotopic (exact) mass is 225 g/mol. The molecule has 0 aliphatic rings. The van der Waals surface area contributed by atoms with Crippen LogP contribution in [0.25, 0.3) is 5.82 Å². The molecule has 0 aromatic carbocycles. The summed E-state index contributed by atoms with van der Waals surface area (Å²) in [5.41, 5.74) is -0.247. The van der Waals surface area contributed by atoms with Gasteiger partial charge in [0.25, 0.3) is 0 Å². The number of aromatic nitrogens is 4. The number of hydrogen-bond acceptors (Lipinski definition) is 5. The van der Waals surface area contributed by atoms with Gasteiger partial charge in [-0.25, -0.2) is 9.67 Å². The summed E-state index contributed by atoms with van der Waals surface area (Å²) in [5, 5.41) is 14.4. The number of nitro groups is 1.